The highest BCUT2D eigenvalue weighted by molar-refractivity contribution is 5.88. The third-order valence-corrected chi connectivity index (χ3v) is 5.05. The van der Waals surface area contributed by atoms with E-state index in [-0.39, 0.29) is 6.61 Å². The summed E-state index contributed by atoms with van der Waals surface area (Å²) in [7, 11) is 0. The van der Waals surface area contributed by atoms with Crippen LogP contribution in [0.3, 0.4) is 0 Å². The van der Waals surface area contributed by atoms with Crippen molar-refractivity contribution in [1.82, 2.24) is 14.9 Å². The van der Waals surface area contributed by atoms with Crippen LogP contribution in [0.25, 0.3) is 10.9 Å². The van der Waals surface area contributed by atoms with Crippen LogP contribution >= 0.6 is 0 Å². The van der Waals surface area contributed by atoms with Gasteiger partial charge in [-0.25, -0.2) is 9.97 Å². The van der Waals surface area contributed by atoms with Gasteiger partial charge in [0.1, 0.15) is 12.1 Å². The van der Waals surface area contributed by atoms with Crippen molar-refractivity contribution >= 4 is 16.7 Å². The van der Waals surface area contributed by atoms with Crippen LogP contribution in [0, 0.1) is 0 Å². The Morgan fingerprint density at radius 2 is 1.88 bits per heavy atom. The Morgan fingerprint density at radius 3 is 2.60 bits per heavy atom. The first-order chi connectivity index (χ1) is 12.3. The standard InChI is InChI=1S/C10H19NO.C9H9N3O/c1-2-4-10(5-3-1)11-6-8-12-9-7-11;10-9-7-3-6(4-13)1-2-8(7)11-5-12-9/h10H,1-9H2;1-3,5,13H,4H2,(H2,10,11,12). The SMILES string of the molecule is C1CCC(N2CCOCC2)CC1.Nc1ncnc2ccc(CO)cc12. The number of nitrogens with zero attached hydrogens (tertiary/aromatic N) is 3. The second kappa shape index (κ2) is 9.08. The Balaban J connectivity index is 0.000000146. The van der Waals surface area contributed by atoms with E-state index < -0.39 is 0 Å². The summed E-state index contributed by atoms with van der Waals surface area (Å²) < 4.78 is 5.35. The van der Waals surface area contributed by atoms with Gasteiger partial charge in [0.05, 0.1) is 25.3 Å². The van der Waals surface area contributed by atoms with Crippen molar-refractivity contribution in [3.63, 3.8) is 0 Å². The van der Waals surface area contributed by atoms with Crippen LogP contribution in [0.4, 0.5) is 5.82 Å². The zero-order valence-electron chi connectivity index (χ0n) is 14.7. The summed E-state index contributed by atoms with van der Waals surface area (Å²) in [6, 6.07) is 6.32. The Hall–Kier alpha value is -1.76. The number of aromatic nitrogens is 2. The Morgan fingerprint density at radius 1 is 1.12 bits per heavy atom. The second-order valence-corrected chi connectivity index (χ2v) is 6.71. The number of nitrogens with two attached hydrogens (primary N) is 1. The molecule has 6 nitrogen and oxygen atoms in total. The number of aliphatic hydroxyl groups excluding tert-OH is 1. The van der Waals surface area contributed by atoms with Gasteiger partial charge >= 0.3 is 0 Å². The number of ether oxygens (including phenoxy) is 1. The first kappa shape index (κ1) is 18.0. The van der Waals surface area contributed by atoms with Crippen LogP contribution in [-0.2, 0) is 11.3 Å². The van der Waals surface area contributed by atoms with Gasteiger partial charge in [0.25, 0.3) is 0 Å². The van der Waals surface area contributed by atoms with Crippen molar-refractivity contribution in [2.24, 2.45) is 0 Å². The summed E-state index contributed by atoms with van der Waals surface area (Å²) >= 11 is 0. The number of nitrogen functional groups attached to an aromatic ring is 1. The summed E-state index contributed by atoms with van der Waals surface area (Å²) in [5.41, 5.74) is 7.26. The van der Waals surface area contributed by atoms with Crippen molar-refractivity contribution in [2.45, 2.75) is 44.8 Å². The molecular weight excluding hydrogens is 316 g/mol. The van der Waals surface area contributed by atoms with E-state index in [0.29, 0.717) is 5.82 Å². The van der Waals surface area contributed by atoms with Crippen LogP contribution in [0.15, 0.2) is 24.5 Å². The maximum Gasteiger partial charge on any atom is 0.134 e. The van der Waals surface area contributed by atoms with Crippen LogP contribution in [-0.4, -0.2) is 52.3 Å². The smallest absolute Gasteiger partial charge is 0.134 e. The van der Waals surface area contributed by atoms with Gasteiger partial charge in [0.2, 0.25) is 0 Å². The van der Waals surface area contributed by atoms with Crippen molar-refractivity contribution in [3.05, 3.63) is 30.1 Å². The number of anilines is 1. The first-order valence-electron chi connectivity index (χ1n) is 9.19. The molecule has 0 unspecified atom stereocenters. The van der Waals surface area contributed by atoms with Crippen molar-refractivity contribution in [2.75, 3.05) is 32.0 Å². The minimum absolute atomic E-state index is 0.00424. The molecule has 4 rings (SSSR count). The largest absolute Gasteiger partial charge is 0.392 e. The van der Waals surface area contributed by atoms with Crippen LogP contribution < -0.4 is 5.73 Å². The minimum Gasteiger partial charge on any atom is -0.392 e. The molecule has 3 N–H and O–H groups in total. The van der Waals surface area contributed by atoms with Gasteiger partial charge in [0, 0.05) is 24.5 Å². The van der Waals surface area contributed by atoms with Crippen molar-refractivity contribution in [3.8, 4) is 0 Å². The molecule has 2 aromatic rings. The molecule has 2 fully saturated rings. The molecule has 1 aliphatic heterocycles. The number of benzene rings is 1. The molecule has 6 heteroatoms. The molecular formula is C19H28N4O2. The topological polar surface area (TPSA) is 84.5 Å². The molecule has 136 valence electrons. The van der Waals surface area contributed by atoms with E-state index in [0.717, 1.165) is 35.7 Å². The number of hydrogen-bond donors (Lipinski definition) is 2. The summed E-state index contributed by atoms with van der Waals surface area (Å²) in [4.78, 5) is 10.5. The van der Waals surface area contributed by atoms with Gasteiger partial charge in [-0.05, 0) is 30.5 Å². The molecule has 1 saturated heterocycles. The van der Waals surface area contributed by atoms with E-state index in [4.69, 9.17) is 15.6 Å². The number of fused-ring (bicyclic) bond motifs is 1. The lowest BCUT2D eigenvalue weighted by atomic mass is 9.94. The highest BCUT2D eigenvalue weighted by Crippen LogP contribution is 2.23. The van der Waals surface area contributed by atoms with Gasteiger partial charge in [-0.15, -0.1) is 0 Å². The Kier molecular flexibility index (Phi) is 6.55. The predicted octanol–water partition coefficient (Wildman–Crippen LogP) is 2.36. The normalized spacial score (nSPS) is 19.4. The zero-order valence-corrected chi connectivity index (χ0v) is 14.7. The number of aliphatic hydroxyl groups is 1. The first-order valence-corrected chi connectivity index (χ1v) is 9.19. The summed E-state index contributed by atoms with van der Waals surface area (Å²) in [6.45, 7) is 4.26. The van der Waals surface area contributed by atoms with Crippen LogP contribution in [0.5, 0.6) is 0 Å². The molecule has 1 saturated carbocycles. The molecule has 0 amide bonds. The van der Waals surface area contributed by atoms with Gasteiger partial charge in [-0.3, -0.25) is 4.90 Å². The quantitative estimate of drug-likeness (QED) is 0.870. The number of hydrogen-bond acceptors (Lipinski definition) is 6. The molecule has 2 aliphatic rings. The predicted molar refractivity (Wildman–Crippen MR) is 99.1 cm³/mol. The molecule has 1 aromatic carbocycles. The third kappa shape index (κ3) is 4.87. The van der Waals surface area contributed by atoms with Crippen molar-refractivity contribution in [1.29, 1.82) is 0 Å². The molecule has 0 atom stereocenters. The molecule has 1 aromatic heterocycles. The summed E-state index contributed by atoms with van der Waals surface area (Å²) in [5.74, 6) is 0.445. The maximum atomic E-state index is 8.91. The molecule has 0 radical (unpaired) electrons. The van der Waals surface area contributed by atoms with Gasteiger partial charge in [-0.1, -0.05) is 25.3 Å². The highest BCUT2D eigenvalue weighted by Gasteiger charge is 2.22. The van der Waals surface area contributed by atoms with E-state index in [1.165, 1.54) is 51.5 Å². The Bertz CT molecular complexity index is 652. The average molecular weight is 344 g/mol. The van der Waals surface area contributed by atoms with Gasteiger partial charge in [0.15, 0.2) is 0 Å². The van der Waals surface area contributed by atoms with E-state index >= 15 is 0 Å². The van der Waals surface area contributed by atoms with Crippen molar-refractivity contribution < 1.29 is 9.84 Å². The van der Waals surface area contributed by atoms with E-state index in [2.05, 4.69) is 14.9 Å². The van der Waals surface area contributed by atoms with Gasteiger partial charge in [-0.2, -0.15) is 0 Å². The molecule has 0 spiro atoms. The third-order valence-electron chi connectivity index (χ3n) is 5.05. The average Bonchev–Trinajstić information content (AvgIpc) is 2.70. The summed E-state index contributed by atoms with van der Waals surface area (Å²) in [6.07, 6.45) is 8.64. The fourth-order valence-corrected chi connectivity index (χ4v) is 3.61. The van der Waals surface area contributed by atoms with Crippen LogP contribution in [0.2, 0.25) is 0 Å². The Labute approximate surface area is 149 Å². The molecule has 0 bridgehead atoms. The monoisotopic (exact) mass is 344 g/mol. The minimum atomic E-state index is 0.00424. The van der Waals surface area contributed by atoms with E-state index in [1.807, 2.05) is 12.1 Å². The number of rotatable bonds is 2. The maximum absolute atomic E-state index is 8.91. The van der Waals surface area contributed by atoms with Gasteiger partial charge < -0.3 is 15.6 Å². The fourth-order valence-electron chi connectivity index (χ4n) is 3.61. The summed E-state index contributed by atoms with van der Waals surface area (Å²) in [5, 5.41) is 9.69. The molecule has 1 aliphatic carbocycles. The molecule has 25 heavy (non-hydrogen) atoms. The number of morpholine rings is 1. The molecule has 2 heterocycles. The second-order valence-electron chi connectivity index (χ2n) is 6.71. The lowest BCUT2D eigenvalue weighted by Crippen LogP contribution is -2.44. The van der Waals surface area contributed by atoms with Crippen LogP contribution in [0.1, 0.15) is 37.7 Å². The lowest BCUT2D eigenvalue weighted by molar-refractivity contribution is 0.00858. The lowest BCUT2D eigenvalue weighted by Gasteiger charge is -2.36. The van der Waals surface area contributed by atoms with E-state index in [1.54, 1.807) is 6.07 Å². The zero-order chi connectivity index (χ0) is 17.5. The van der Waals surface area contributed by atoms with E-state index in [9.17, 15) is 0 Å². The fraction of sp³-hybridized carbons (Fsp3) is 0.579. The highest BCUT2D eigenvalue weighted by atomic mass is 16.5.